The molecule has 1 atom stereocenters. The van der Waals surface area contributed by atoms with Gasteiger partial charge in [-0.3, -0.25) is 0 Å². The lowest BCUT2D eigenvalue weighted by Gasteiger charge is -2.30. The fourth-order valence-corrected chi connectivity index (χ4v) is 3.28. The van der Waals surface area contributed by atoms with Gasteiger partial charge in [-0.15, -0.1) is 5.01 Å². The van der Waals surface area contributed by atoms with E-state index in [1.54, 1.807) is 6.92 Å². The summed E-state index contributed by atoms with van der Waals surface area (Å²) in [5.41, 5.74) is 0.202. The predicted molar refractivity (Wildman–Crippen MR) is 116 cm³/mol. The number of allylic oxidation sites excluding steroid dienone is 1. The van der Waals surface area contributed by atoms with Gasteiger partial charge in [0.1, 0.15) is 9.50 Å². The predicted octanol–water partition coefficient (Wildman–Crippen LogP) is 2.72. The first-order valence-corrected chi connectivity index (χ1v) is 11.5. The summed E-state index contributed by atoms with van der Waals surface area (Å²) in [6.07, 6.45) is 1.27. The quantitative estimate of drug-likeness (QED) is 0.132. The van der Waals surface area contributed by atoms with Crippen molar-refractivity contribution in [3.63, 3.8) is 0 Å². The standard InChI is InChI=1S/C18H24Br2N4O8/c1-3-5-13(12-10-14(16(19)20)32-17(12)26)31-15(25)11-30-21-24(28)23-8-6-22(7-9-23)18(27)29-4-2/h10,13H,3-9,11H2,1-2H3/b24-21-. The molecule has 1 unspecified atom stereocenters. The van der Waals surface area contributed by atoms with E-state index in [9.17, 15) is 19.6 Å². The third-order valence-corrected chi connectivity index (χ3v) is 5.20. The molecule has 1 fully saturated rings. The average Bonchev–Trinajstić information content (AvgIpc) is 3.15. The molecule has 0 bridgehead atoms. The van der Waals surface area contributed by atoms with Gasteiger partial charge in [0.25, 0.3) is 0 Å². The number of nitrogens with zero attached hydrogens (tertiary/aromatic N) is 4. The van der Waals surface area contributed by atoms with Crippen molar-refractivity contribution in [1.29, 1.82) is 0 Å². The Kier molecular flexibility index (Phi) is 10.2. The Labute approximate surface area is 201 Å². The second kappa shape index (κ2) is 12.6. The molecule has 178 valence electrons. The Bertz CT molecular complexity index is 805. The number of piperazine rings is 1. The molecule has 0 aromatic heterocycles. The minimum Gasteiger partial charge on any atom is -0.569 e. The van der Waals surface area contributed by atoms with Crippen LogP contribution in [0.1, 0.15) is 26.7 Å². The lowest BCUT2D eigenvalue weighted by Crippen LogP contribution is -2.50. The fourth-order valence-electron chi connectivity index (χ4n) is 2.89. The van der Waals surface area contributed by atoms with Crippen LogP contribution in [0.5, 0.6) is 0 Å². The minimum absolute atomic E-state index is 0.202. The molecule has 0 aromatic rings. The minimum atomic E-state index is -0.820. The molecule has 32 heavy (non-hydrogen) atoms. The Morgan fingerprint density at radius 1 is 1.28 bits per heavy atom. The van der Waals surface area contributed by atoms with E-state index in [-0.39, 0.29) is 36.0 Å². The van der Waals surface area contributed by atoms with E-state index in [4.69, 9.17) is 19.0 Å². The van der Waals surface area contributed by atoms with Crippen LogP contribution in [0, 0.1) is 5.21 Å². The molecule has 1 saturated heterocycles. The molecule has 0 aliphatic carbocycles. The van der Waals surface area contributed by atoms with Crippen LogP contribution in [-0.2, 0) is 28.6 Å². The van der Waals surface area contributed by atoms with E-state index >= 15 is 0 Å². The smallest absolute Gasteiger partial charge is 0.409 e. The largest absolute Gasteiger partial charge is 0.569 e. The van der Waals surface area contributed by atoms with Gasteiger partial charge in [-0.2, -0.15) is 0 Å². The number of amides is 1. The molecule has 14 heteroatoms. The zero-order valence-corrected chi connectivity index (χ0v) is 20.8. The van der Waals surface area contributed by atoms with Gasteiger partial charge in [-0.1, -0.05) is 13.3 Å². The maximum Gasteiger partial charge on any atom is 0.409 e. The normalized spacial score (nSPS) is 17.5. The maximum absolute atomic E-state index is 12.1. The summed E-state index contributed by atoms with van der Waals surface area (Å²) in [5.74, 6) is -1.13. The molecule has 2 aliphatic rings. The van der Waals surface area contributed by atoms with Gasteiger partial charge in [0.05, 0.1) is 30.2 Å². The lowest BCUT2D eigenvalue weighted by molar-refractivity contribution is -0.712. The molecule has 0 radical (unpaired) electrons. The number of cyclic esters (lactones) is 1. The highest BCUT2D eigenvalue weighted by atomic mass is 79.9. The van der Waals surface area contributed by atoms with Crippen molar-refractivity contribution in [3.05, 3.63) is 26.0 Å². The first-order valence-electron chi connectivity index (χ1n) is 9.92. The van der Waals surface area contributed by atoms with Gasteiger partial charge in [0.2, 0.25) is 11.9 Å². The Morgan fingerprint density at radius 3 is 2.53 bits per heavy atom. The zero-order valence-electron chi connectivity index (χ0n) is 17.6. The topological polar surface area (TPSA) is 133 Å². The summed E-state index contributed by atoms with van der Waals surface area (Å²) in [4.78, 5) is 42.4. The first-order chi connectivity index (χ1) is 15.3. The number of carbonyl (C=O) groups is 3. The number of esters is 2. The number of carbonyl (C=O) groups excluding carboxylic acids is 3. The summed E-state index contributed by atoms with van der Waals surface area (Å²) in [7, 11) is 0. The van der Waals surface area contributed by atoms with E-state index in [2.05, 4.69) is 37.1 Å². The van der Waals surface area contributed by atoms with E-state index < -0.39 is 30.7 Å². The Hall–Kier alpha value is -2.35. The van der Waals surface area contributed by atoms with Crippen LogP contribution in [0.2, 0.25) is 0 Å². The summed E-state index contributed by atoms with van der Waals surface area (Å²) in [5, 5.41) is 16.7. The average molecular weight is 584 g/mol. The van der Waals surface area contributed by atoms with Crippen molar-refractivity contribution < 1.29 is 38.4 Å². The van der Waals surface area contributed by atoms with Crippen molar-refractivity contribution in [1.82, 2.24) is 9.91 Å². The van der Waals surface area contributed by atoms with Crippen LogP contribution in [0.25, 0.3) is 0 Å². The van der Waals surface area contributed by atoms with Gasteiger partial charge in [0, 0.05) is 13.1 Å². The van der Waals surface area contributed by atoms with Crippen molar-refractivity contribution in [2.24, 2.45) is 5.28 Å². The van der Waals surface area contributed by atoms with Crippen molar-refractivity contribution in [2.75, 3.05) is 39.4 Å². The highest BCUT2D eigenvalue weighted by molar-refractivity contribution is 9.28. The molecular weight excluding hydrogens is 560 g/mol. The Morgan fingerprint density at radius 2 is 1.97 bits per heavy atom. The van der Waals surface area contributed by atoms with Gasteiger partial charge >= 0.3 is 18.0 Å². The second-order valence-corrected chi connectivity index (χ2v) is 9.28. The van der Waals surface area contributed by atoms with Crippen LogP contribution in [0.3, 0.4) is 0 Å². The molecule has 0 aromatic carbocycles. The van der Waals surface area contributed by atoms with Gasteiger partial charge in [0.15, 0.2) is 5.76 Å². The number of hydrogen-bond donors (Lipinski definition) is 0. The summed E-state index contributed by atoms with van der Waals surface area (Å²) < 4.78 is 15.8. The molecular formula is C18H24Br2N4O8. The van der Waals surface area contributed by atoms with E-state index in [0.717, 1.165) is 0 Å². The monoisotopic (exact) mass is 582 g/mol. The third-order valence-electron chi connectivity index (χ3n) is 4.42. The second-order valence-electron chi connectivity index (χ2n) is 6.63. The Balaban J connectivity index is 1.84. The highest BCUT2D eigenvalue weighted by Gasteiger charge is 2.32. The number of hydrogen-bond acceptors (Lipinski definition) is 9. The molecule has 1 amide bonds. The summed E-state index contributed by atoms with van der Waals surface area (Å²) in [6.45, 7) is 4.29. The summed E-state index contributed by atoms with van der Waals surface area (Å²) in [6, 6.07) is 0. The van der Waals surface area contributed by atoms with Crippen molar-refractivity contribution in [2.45, 2.75) is 32.8 Å². The van der Waals surface area contributed by atoms with Crippen molar-refractivity contribution >= 4 is 49.9 Å². The van der Waals surface area contributed by atoms with Crippen LogP contribution in [0.4, 0.5) is 4.79 Å². The third kappa shape index (κ3) is 7.36. The zero-order chi connectivity index (χ0) is 23.7. The van der Waals surface area contributed by atoms with E-state index in [1.807, 2.05) is 6.92 Å². The number of halogens is 2. The molecule has 0 N–H and O–H groups in total. The van der Waals surface area contributed by atoms with E-state index in [1.165, 1.54) is 16.0 Å². The first kappa shape index (κ1) is 25.9. The highest BCUT2D eigenvalue weighted by Crippen LogP contribution is 2.30. The van der Waals surface area contributed by atoms with Crippen LogP contribution in [0.15, 0.2) is 26.1 Å². The molecule has 0 spiro atoms. The maximum atomic E-state index is 12.1. The molecule has 2 aliphatic heterocycles. The number of rotatable bonds is 9. The fraction of sp³-hybridized carbons (Fsp3) is 0.611. The number of hydrazine groups is 1. The SMILES string of the molecule is CCCC(OC(=O)CO/N=[N+](\[O-])N1CCN(C(=O)OCC)CC1)C1=CC(=C(Br)Br)OC1=O. The van der Waals surface area contributed by atoms with Crippen LogP contribution < -0.4 is 0 Å². The van der Waals surface area contributed by atoms with Crippen LogP contribution >= 0.6 is 31.9 Å². The molecule has 2 heterocycles. The van der Waals surface area contributed by atoms with Gasteiger partial charge < -0.3 is 29.2 Å². The van der Waals surface area contributed by atoms with Gasteiger partial charge in [-0.05, 0) is 51.3 Å². The molecule has 0 saturated carbocycles. The molecule has 2 rings (SSSR count). The molecule has 12 nitrogen and oxygen atoms in total. The van der Waals surface area contributed by atoms with Gasteiger partial charge in [-0.25, -0.2) is 14.4 Å². The number of ether oxygens (including phenoxy) is 3. The van der Waals surface area contributed by atoms with Crippen LogP contribution in [-0.4, -0.2) is 78.4 Å². The summed E-state index contributed by atoms with van der Waals surface area (Å²) >= 11 is 6.33. The van der Waals surface area contributed by atoms with E-state index in [0.29, 0.717) is 29.3 Å². The lowest BCUT2D eigenvalue weighted by atomic mass is 10.1. The van der Waals surface area contributed by atoms with Crippen molar-refractivity contribution in [3.8, 4) is 0 Å².